The van der Waals surface area contributed by atoms with Crippen molar-refractivity contribution >= 4 is 17.2 Å². The lowest BCUT2D eigenvalue weighted by molar-refractivity contribution is 0.118. The first kappa shape index (κ1) is 12.3. The van der Waals surface area contributed by atoms with Gasteiger partial charge in [0.25, 0.3) is 0 Å². The summed E-state index contributed by atoms with van der Waals surface area (Å²) in [6.45, 7) is 5.97. The number of likely N-dealkylation sites (tertiary alicyclic amines) is 1. The maximum Gasteiger partial charge on any atom is 0.0902 e. The van der Waals surface area contributed by atoms with E-state index >= 15 is 0 Å². The third kappa shape index (κ3) is 2.57. The highest BCUT2D eigenvalue weighted by atomic mass is 32.1. The van der Waals surface area contributed by atoms with Crippen LogP contribution in [0, 0.1) is 11.8 Å². The van der Waals surface area contributed by atoms with Crippen LogP contribution in [0.1, 0.15) is 46.0 Å². The van der Waals surface area contributed by atoms with Gasteiger partial charge in [-0.25, -0.2) is 0 Å². The SMILES string of the molecule is CC1CC(C)CC(N2CCCC2C(N)=S)C1. The second kappa shape index (κ2) is 5.01. The van der Waals surface area contributed by atoms with Crippen molar-refractivity contribution in [1.82, 2.24) is 4.90 Å². The summed E-state index contributed by atoms with van der Waals surface area (Å²) in [5, 5.41) is 0. The van der Waals surface area contributed by atoms with E-state index in [4.69, 9.17) is 18.0 Å². The monoisotopic (exact) mass is 240 g/mol. The Hall–Kier alpha value is -0.150. The standard InChI is InChI=1S/C13H24N2S/c1-9-6-10(2)8-11(7-9)15-5-3-4-12(15)13(14)16/h9-12H,3-8H2,1-2H3,(H2,14,16). The molecule has 0 amide bonds. The number of thiocarbonyl (C=S) groups is 1. The Morgan fingerprint density at radius 1 is 1.19 bits per heavy atom. The molecule has 1 saturated carbocycles. The van der Waals surface area contributed by atoms with E-state index in [9.17, 15) is 0 Å². The minimum atomic E-state index is 0.387. The van der Waals surface area contributed by atoms with Crippen molar-refractivity contribution in [2.45, 2.75) is 58.0 Å². The van der Waals surface area contributed by atoms with Gasteiger partial charge in [0.05, 0.1) is 11.0 Å². The zero-order valence-corrected chi connectivity index (χ0v) is 11.3. The van der Waals surface area contributed by atoms with Crippen LogP contribution in [0.25, 0.3) is 0 Å². The molecule has 2 fully saturated rings. The fraction of sp³-hybridized carbons (Fsp3) is 0.923. The van der Waals surface area contributed by atoms with Crippen molar-refractivity contribution in [3.8, 4) is 0 Å². The molecule has 3 atom stereocenters. The molecule has 1 heterocycles. The van der Waals surface area contributed by atoms with Gasteiger partial charge in [0.2, 0.25) is 0 Å². The predicted octanol–water partition coefficient (Wildman–Crippen LogP) is 2.56. The van der Waals surface area contributed by atoms with E-state index in [1.165, 1.54) is 38.6 Å². The van der Waals surface area contributed by atoms with E-state index in [1.54, 1.807) is 0 Å². The molecule has 3 heteroatoms. The normalized spacial score (nSPS) is 41.1. The summed E-state index contributed by atoms with van der Waals surface area (Å²) in [6.07, 6.45) is 6.50. The molecule has 1 aliphatic carbocycles. The van der Waals surface area contributed by atoms with Gasteiger partial charge in [-0.15, -0.1) is 0 Å². The van der Waals surface area contributed by atoms with E-state index in [0.717, 1.165) is 17.9 Å². The summed E-state index contributed by atoms with van der Waals surface area (Å²) in [5.74, 6) is 1.72. The Balaban J connectivity index is 2.02. The lowest BCUT2D eigenvalue weighted by Crippen LogP contribution is -2.47. The first-order valence-corrected chi connectivity index (χ1v) is 7.03. The van der Waals surface area contributed by atoms with Crippen LogP contribution in [-0.2, 0) is 0 Å². The molecule has 0 radical (unpaired) electrons. The fourth-order valence-electron chi connectivity index (χ4n) is 3.71. The van der Waals surface area contributed by atoms with Crippen LogP contribution in [-0.4, -0.2) is 28.5 Å². The molecule has 1 saturated heterocycles. The minimum Gasteiger partial charge on any atom is -0.392 e. The maximum atomic E-state index is 5.85. The summed E-state index contributed by atoms with van der Waals surface area (Å²) in [4.78, 5) is 3.30. The summed E-state index contributed by atoms with van der Waals surface area (Å²) in [5.41, 5.74) is 5.85. The van der Waals surface area contributed by atoms with Crippen LogP contribution in [0.5, 0.6) is 0 Å². The number of nitrogens with zero attached hydrogens (tertiary/aromatic N) is 1. The number of hydrogen-bond donors (Lipinski definition) is 1. The Kier molecular flexibility index (Phi) is 3.85. The highest BCUT2D eigenvalue weighted by molar-refractivity contribution is 7.80. The Morgan fingerprint density at radius 2 is 1.81 bits per heavy atom. The summed E-state index contributed by atoms with van der Waals surface area (Å²) >= 11 is 5.20. The van der Waals surface area contributed by atoms with Crippen molar-refractivity contribution < 1.29 is 0 Å². The molecular formula is C13H24N2S. The smallest absolute Gasteiger partial charge is 0.0902 e. The van der Waals surface area contributed by atoms with E-state index in [2.05, 4.69) is 18.7 Å². The van der Waals surface area contributed by atoms with Gasteiger partial charge < -0.3 is 5.73 Å². The van der Waals surface area contributed by atoms with Gasteiger partial charge in [-0.2, -0.15) is 0 Å². The van der Waals surface area contributed by atoms with Crippen LogP contribution >= 0.6 is 12.2 Å². The van der Waals surface area contributed by atoms with Crippen LogP contribution in [0.4, 0.5) is 0 Å². The molecule has 2 N–H and O–H groups in total. The van der Waals surface area contributed by atoms with Gasteiger partial charge in [0.1, 0.15) is 0 Å². The van der Waals surface area contributed by atoms with E-state index in [0.29, 0.717) is 11.0 Å². The average Bonchev–Trinajstić information content (AvgIpc) is 2.63. The Labute approximate surface area is 105 Å². The molecule has 16 heavy (non-hydrogen) atoms. The van der Waals surface area contributed by atoms with Crippen molar-refractivity contribution in [2.75, 3.05) is 6.54 Å². The van der Waals surface area contributed by atoms with E-state index in [1.807, 2.05) is 0 Å². The molecular weight excluding hydrogens is 216 g/mol. The average molecular weight is 240 g/mol. The molecule has 2 nitrogen and oxygen atoms in total. The zero-order chi connectivity index (χ0) is 11.7. The van der Waals surface area contributed by atoms with Crippen molar-refractivity contribution in [3.05, 3.63) is 0 Å². The van der Waals surface area contributed by atoms with E-state index in [-0.39, 0.29) is 0 Å². The summed E-state index contributed by atoms with van der Waals surface area (Å²) in [6, 6.07) is 1.12. The maximum absolute atomic E-state index is 5.85. The van der Waals surface area contributed by atoms with Gasteiger partial charge in [-0.3, -0.25) is 4.90 Å². The second-order valence-electron chi connectivity index (χ2n) is 5.87. The lowest BCUT2D eigenvalue weighted by atomic mass is 9.79. The van der Waals surface area contributed by atoms with Gasteiger partial charge in [0, 0.05) is 6.04 Å². The van der Waals surface area contributed by atoms with Crippen LogP contribution in [0.15, 0.2) is 0 Å². The molecule has 0 aromatic carbocycles. The first-order valence-electron chi connectivity index (χ1n) is 6.63. The third-order valence-corrected chi connectivity index (χ3v) is 4.52. The summed E-state index contributed by atoms with van der Waals surface area (Å²) < 4.78 is 0. The molecule has 3 unspecified atom stereocenters. The van der Waals surface area contributed by atoms with Gasteiger partial charge in [-0.05, 0) is 50.5 Å². The molecule has 92 valence electrons. The highest BCUT2D eigenvalue weighted by Gasteiger charge is 2.35. The zero-order valence-electron chi connectivity index (χ0n) is 10.5. The topological polar surface area (TPSA) is 29.3 Å². The van der Waals surface area contributed by atoms with Crippen molar-refractivity contribution in [3.63, 3.8) is 0 Å². The Morgan fingerprint density at radius 3 is 2.38 bits per heavy atom. The van der Waals surface area contributed by atoms with Gasteiger partial charge >= 0.3 is 0 Å². The van der Waals surface area contributed by atoms with Gasteiger partial charge in [-0.1, -0.05) is 26.1 Å². The van der Waals surface area contributed by atoms with Crippen molar-refractivity contribution in [2.24, 2.45) is 17.6 Å². The fourth-order valence-corrected chi connectivity index (χ4v) is 3.96. The number of nitrogens with two attached hydrogens (primary N) is 1. The summed E-state index contributed by atoms with van der Waals surface area (Å²) in [7, 11) is 0. The quantitative estimate of drug-likeness (QED) is 0.752. The highest BCUT2D eigenvalue weighted by Crippen LogP contribution is 2.34. The minimum absolute atomic E-state index is 0.387. The second-order valence-corrected chi connectivity index (χ2v) is 6.34. The molecule has 2 aliphatic rings. The molecule has 0 spiro atoms. The Bertz CT molecular complexity index is 257. The lowest BCUT2D eigenvalue weighted by Gasteiger charge is -2.39. The van der Waals surface area contributed by atoms with E-state index < -0.39 is 0 Å². The van der Waals surface area contributed by atoms with Crippen LogP contribution < -0.4 is 5.73 Å². The number of rotatable bonds is 2. The first-order chi connectivity index (χ1) is 7.58. The van der Waals surface area contributed by atoms with Crippen molar-refractivity contribution in [1.29, 1.82) is 0 Å². The van der Waals surface area contributed by atoms with Crippen LogP contribution in [0.2, 0.25) is 0 Å². The molecule has 0 bridgehead atoms. The third-order valence-electron chi connectivity index (χ3n) is 4.25. The molecule has 1 aliphatic heterocycles. The largest absolute Gasteiger partial charge is 0.392 e. The van der Waals surface area contributed by atoms with Crippen LogP contribution in [0.3, 0.4) is 0 Å². The molecule has 2 rings (SSSR count). The predicted molar refractivity (Wildman–Crippen MR) is 72.5 cm³/mol. The molecule has 0 aromatic heterocycles. The van der Waals surface area contributed by atoms with Gasteiger partial charge in [0.15, 0.2) is 0 Å². The number of hydrogen-bond acceptors (Lipinski definition) is 2. The molecule has 0 aromatic rings.